The van der Waals surface area contributed by atoms with Gasteiger partial charge in [0.05, 0.1) is 11.1 Å². The maximum absolute atomic E-state index is 13.6. The summed E-state index contributed by atoms with van der Waals surface area (Å²) < 4.78 is 26.8. The Labute approximate surface area is 101 Å². The van der Waals surface area contributed by atoms with E-state index in [1.165, 1.54) is 6.08 Å². The monoisotopic (exact) mass is 256 g/mol. The highest BCUT2D eigenvalue weighted by atomic mass is 19.2. The van der Waals surface area contributed by atoms with Crippen molar-refractivity contribution >= 4 is 5.57 Å². The van der Waals surface area contributed by atoms with Crippen molar-refractivity contribution in [2.75, 3.05) is 0 Å². The molecule has 1 aliphatic carbocycles. The van der Waals surface area contributed by atoms with E-state index in [-0.39, 0.29) is 6.42 Å². The molecule has 1 aromatic rings. The van der Waals surface area contributed by atoms with Gasteiger partial charge in [-0.3, -0.25) is 0 Å². The van der Waals surface area contributed by atoms with Crippen LogP contribution in [0.2, 0.25) is 0 Å². The van der Waals surface area contributed by atoms with Crippen LogP contribution in [0.4, 0.5) is 8.78 Å². The third-order valence-electron chi connectivity index (χ3n) is 2.66. The van der Waals surface area contributed by atoms with Gasteiger partial charge in [-0.1, -0.05) is 6.08 Å². The Hall–Kier alpha value is -1.92. The molecule has 0 atom stereocenters. The van der Waals surface area contributed by atoms with Gasteiger partial charge in [-0.05, 0) is 18.2 Å². The van der Waals surface area contributed by atoms with E-state index in [1.807, 2.05) is 0 Å². The van der Waals surface area contributed by atoms with Gasteiger partial charge in [0.25, 0.3) is 0 Å². The molecule has 1 aromatic carbocycles. The Morgan fingerprint density at radius 3 is 2.39 bits per heavy atom. The van der Waals surface area contributed by atoms with Crippen LogP contribution in [0.1, 0.15) is 12.0 Å². The fourth-order valence-corrected chi connectivity index (χ4v) is 1.83. The molecule has 0 saturated heterocycles. The van der Waals surface area contributed by atoms with E-state index in [0.717, 1.165) is 12.1 Å². The first-order chi connectivity index (χ1) is 8.34. The zero-order valence-corrected chi connectivity index (χ0v) is 9.06. The van der Waals surface area contributed by atoms with E-state index >= 15 is 0 Å². The smallest absolute Gasteiger partial charge is 0.197 e. The Morgan fingerprint density at radius 2 is 1.78 bits per heavy atom. The molecule has 1 aliphatic rings. The molecule has 0 amide bonds. The topological polar surface area (TPSA) is 80.9 Å². The van der Waals surface area contributed by atoms with Crippen molar-refractivity contribution in [3.8, 4) is 5.75 Å². The maximum Gasteiger partial charge on any atom is 0.197 e. The van der Waals surface area contributed by atoms with Crippen molar-refractivity contribution in [3.63, 3.8) is 0 Å². The number of hydrogen-bond acceptors (Lipinski definition) is 4. The number of phenols is 1. The maximum atomic E-state index is 13.6. The zero-order valence-electron chi connectivity index (χ0n) is 9.06. The molecule has 0 fully saturated rings. The second-order valence-corrected chi connectivity index (χ2v) is 3.94. The number of benzene rings is 1. The minimum absolute atomic E-state index is 0.318. The second kappa shape index (κ2) is 4.08. The number of halogens is 2. The molecule has 0 bridgehead atoms. The summed E-state index contributed by atoms with van der Waals surface area (Å²) in [5.74, 6) is -6.65. The van der Waals surface area contributed by atoms with Gasteiger partial charge in [0.15, 0.2) is 17.4 Å². The van der Waals surface area contributed by atoms with Gasteiger partial charge < -0.3 is 20.4 Å². The first-order valence-electron chi connectivity index (χ1n) is 5.07. The Balaban J connectivity index is 2.75. The predicted molar refractivity (Wildman–Crippen MR) is 58.5 cm³/mol. The van der Waals surface area contributed by atoms with E-state index in [9.17, 15) is 29.2 Å². The third-order valence-corrected chi connectivity index (χ3v) is 2.66. The van der Waals surface area contributed by atoms with Crippen LogP contribution in [0.25, 0.3) is 5.57 Å². The normalized spacial score (nSPS) is 18.2. The van der Waals surface area contributed by atoms with Crippen LogP contribution in [0.5, 0.6) is 5.75 Å². The molecule has 96 valence electrons. The van der Waals surface area contributed by atoms with E-state index in [1.54, 1.807) is 0 Å². The van der Waals surface area contributed by atoms with Crippen LogP contribution in [-0.2, 0) is 0 Å². The molecule has 4 nitrogen and oxygen atoms in total. The summed E-state index contributed by atoms with van der Waals surface area (Å²) in [6, 6.07) is 1.56. The molecular formula is C12H10F2O4. The number of allylic oxidation sites excluding steroid dienone is 1. The number of rotatable bonds is 1. The number of hydrogen-bond donors (Lipinski definition) is 4. The van der Waals surface area contributed by atoms with Gasteiger partial charge in [-0.25, -0.2) is 8.78 Å². The lowest BCUT2D eigenvalue weighted by Crippen LogP contribution is -2.32. The summed E-state index contributed by atoms with van der Waals surface area (Å²) in [5, 5.41) is 38.5. The van der Waals surface area contributed by atoms with Crippen LogP contribution in [-0.4, -0.2) is 26.2 Å². The van der Waals surface area contributed by atoms with Crippen LogP contribution < -0.4 is 0 Å². The molecule has 0 unspecified atom stereocenters. The van der Waals surface area contributed by atoms with Crippen LogP contribution in [0, 0.1) is 11.6 Å². The van der Waals surface area contributed by atoms with Crippen molar-refractivity contribution in [1.82, 2.24) is 0 Å². The minimum atomic E-state index is -2.58. The highest BCUT2D eigenvalue weighted by Crippen LogP contribution is 2.40. The molecule has 0 aromatic heterocycles. The molecule has 0 saturated carbocycles. The molecular weight excluding hydrogens is 246 g/mol. The van der Waals surface area contributed by atoms with Crippen LogP contribution in [0.15, 0.2) is 30.0 Å². The predicted octanol–water partition coefficient (Wildman–Crippen LogP) is 1.58. The van der Waals surface area contributed by atoms with Crippen molar-refractivity contribution in [2.45, 2.75) is 12.2 Å². The minimum Gasteiger partial charge on any atom is -0.507 e. The lowest BCUT2D eigenvalue weighted by atomic mass is 9.89. The summed E-state index contributed by atoms with van der Waals surface area (Å²) in [6.07, 6.45) is 2.05. The van der Waals surface area contributed by atoms with Gasteiger partial charge in [0.1, 0.15) is 11.5 Å². The quantitative estimate of drug-likeness (QED) is 0.575. The van der Waals surface area contributed by atoms with E-state index in [0.29, 0.717) is 6.07 Å². The van der Waals surface area contributed by atoms with Gasteiger partial charge >= 0.3 is 0 Å². The van der Waals surface area contributed by atoms with Crippen molar-refractivity contribution < 1.29 is 29.2 Å². The number of phenolic OH excluding ortho intramolecular Hbond substituents is 1. The van der Waals surface area contributed by atoms with Gasteiger partial charge in [0, 0.05) is 6.42 Å². The molecule has 0 radical (unpaired) electrons. The van der Waals surface area contributed by atoms with Crippen LogP contribution in [0.3, 0.4) is 0 Å². The molecule has 6 heteroatoms. The lowest BCUT2D eigenvalue weighted by Gasteiger charge is -2.27. The molecule has 2 rings (SSSR count). The Kier molecular flexibility index (Phi) is 2.84. The first kappa shape index (κ1) is 12.5. The Morgan fingerprint density at radius 1 is 1.11 bits per heavy atom. The summed E-state index contributed by atoms with van der Waals surface area (Å²) in [6.45, 7) is 0. The van der Waals surface area contributed by atoms with Crippen molar-refractivity contribution in [1.29, 1.82) is 0 Å². The average Bonchev–Trinajstić information content (AvgIpc) is 2.27. The second-order valence-electron chi connectivity index (χ2n) is 3.94. The zero-order chi connectivity index (χ0) is 13.5. The van der Waals surface area contributed by atoms with Crippen molar-refractivity contribution in [2.24, 2.45) is 0 Å². The SMILES string of the molecule is OC1=C(c2c(O)ccc(F)c2F)C(O)(O)CC=C1. The van der Waals surface area contributed by atoms with E-state index < -0.39 is 40.1 Å². The van der Waals surface area contributed by atoms with Gasteiger partial charge in [-0.2, -0.15) is 0 Å². The first-order valence-corrected chi connectivity index (χ1v) is 5.07. The number of aliphatic hydroxyl groups excluding tert-OH is 1. The number of aromatic hydroxyl groups is 1. The highest BCUT2D eigenvalue weighted by Gasteiger charge is 2.37. The molecule has 0 aliphatic heterocycles. The molecule has 0 spiro atoms. The number of aliphatic hydroxyl groups is 3. The van der Waals surface area contributed by atoms with E-state index in [2.05, 4.69) is 0 Å². The lowest BCUT2D eigenvalue weighted by molar-refractivity contribution is -0.107. The van der Waals surface area contributed by atoms with E-state index in [4.69, 9.17) is 0 Å². The largest absolute Gasteiger partial charge is 0.507 e. The fraction of sp³-hybridized carbons (Fsp3) is 0.167. The fourth-order valence-electron chi connectivity index (χ4n) is 1.83. The summed E-state index contributed by atoms with van der Waals surface area (Å²) in [5.41, 5.74) is -1.43. The van der Waals surface area contributed by atoms with Crippen LogP contribution >= 0.6 is 0 Å². The van der Waals surface area contributed by atoms with Crippen molar-refractivity contribution in [3.05, 3.63) is 47.2 Å². The van der Waals surface area contributed by atoms with Gasteiger partial charge in [-0.15, -0.1) is 0 Å². The summed E-state index contributed by atoms with van der Waals surface area (Å²) in [4.78, 5) is 0. The standard InChI is InChI=1S/C12H10F2O4/c13-6-3-4-7(15)9(11(6)14)10-8(16)2-1-5-12(10,17)18/h1-4,15-18H,5H2. The molecule has 18 heavy (non-hydrogen) atoms. The molecule has 4 N–H and O–H groups in total. The highest BCUT2D eigenvalue weighted by molar-refractivity contribution is 5.79. The molecule has 0 heterocycles. The van der Waals surface area contributed by atoms with Gasteiger partial charge in [0.2, 0.25) is 0 Å². The summed E-state index contributed by atoms with van der Waals surface area (Å²) >= 11 is 0. The Bertz CT molecular complexity index is 561. The average molecular weight is 256 g/mol. The third kappa shape index (κ3) is 1.85. The summed E-state index contributed by atoms with van der Waals surface area (Å²) in [7, 11) is 0.